The monoisotopic (exact) mass is 439 g/mol. The average molecular weight is 440 g/mol. The first-order chi connectivity index (χ1) is 14.7. The summed E-state index contributed by atoms with van der Waals surface area (Å²) in [6, 6.07) is 3.36. The Hall–Kier alpha value is -2.53. The highest BCUT2D eigenvalue weighted by atomic mass is 16.5. The molecule has 0 aliphatic carbocycles. The van der Waals surface area contributed by atoms with Crippen molar-refractivity contribution >= 4 is 23.5 Å². The highest BCUT2D eigenvalue weighted by Crippen LogP contribution is 2.16. The summed E-state index contributed by atoms with van der Waals surface area (Å²) in [6.07, 6.45) is 0.326. The van der Waals surface area contributed by atoms with Gasteiger partial charge in [0.15, 0.2) is 0 Å². The van der Waals surface area contributed by atoms with Crippen molar-refractivity contribution in [3.63, 3.8) is 0 Å². The molecule has 6 N–H and O–H groups in total. The van der Waals surface area contributed by atoms with Crippen LogP contribution in [0.3, 0.4) is 0 Å². The van der Waals surface area contributed by atoms with Crippen molar-refractivity contribution in [2.75, 3.05) is 12.4 Å². The van der Waals surface area contributed by atoms with Crippen LogP contribution >= 0.6 is 0 Å². The van der Waals surface area contributed by atoms with Crippen LogP contribution in [0.15, 0.2) is 18.2 Å². The Balaban J connectivity index is 2.47. The van der Waals surface area contributed by atoms with Gasteiger partial charge in [0.25, 0.3) is 0 Å². The van der Waals surface area contributed by atoms with Crippen LogP contribution in [0.2, 0.25) is 0 Å². The fourth-order valence-corrected chi connectivity index (χ4v) is 2.81. The summed E-state index contributed by atoms with van der Waals surface area (Å²) >= 11 is 0. The molecular weight excluding hydrogens is 406 g/mol. The number of unbranched alkanes of at least 4 members (excludes halogenated alkanes) is 1. The molecule has 174 valence electrons. The number of benzene rings is 1. The van der Waals surface area contributed by atoms with Crippen LogP contribution in [0, 0.1) is 0 Å². The van der Waals surface area contributed by atoms with E-state index in [2.05, 4.69) is 20.7 Å². The van der Waals surface area contributed by atoms with E-state index in [0.717, 1.165) is 0 Å². The normalized spacial score (nSPS) is 13.7. The van der Waals surface area contributed by atoms with Crippen LogP contribution < -0.4 is 16.0 Å². The van der Waals surface area contributed by atoms with Crippen LogP contribution in [0.1, 0.15) is 50.7 Å². The summed E-state index contributed by atoms with van der Waals surface area (Å²) in [4.78, 5) is 35.4. The number of esters is 1. The number of carbonyl (C=O) groups excluding carboxylic acids is 3. The molecule has 0 aromatic heterocycles. The van der Waals surface area contributed by atoms with Crippen molar-refractivity contribution in [2.24, 2.45) is 0 Å². The van der Waals surface area contributed by atoms with Gasteiger partial charge in [-0.2, -0.15) is 0 Å². The van der Waals surface area contributed by atoms with Gasteiger partial charge in [-0.3, -0.25) is 19.7 Å². The Morgan fingerprint density at radius 1 is 1.00 bits per heavy atom. The molecule has 0 bridgehead atoms. The second-order valence-electron chi connectivity index (χ2n) is 7.32. The molecule has 0 aliphatic rings. The number of hydrogen-bond donors (Lipinski definition) is 6. The molecule has 2 amide bonds. The fraction of sp³-hybridized carbons (Fsp3) is 0.571. The topological polar surface area (TPSA) is 157 Å². The van der Waals surface area contributed by atoms with E-state index in [0.29, 0.717) is 29.7 Å². The third-order valence-corrected chi connectivity index (χ3v) is 4.62. The summed E-state index contributed by atoms with van der Waals surface area (Å²) in [7, 11) is 1.31. The highest BCUT2D eigenvalue weighted by molar-refractivity contribution is 5.94. The van der Waals surface area contributed by atoms with Crippen LogP contribution in [0.4, 0.5) is 5.69 Å². The zero-order valence-corrected chi connectivity index (χ0v) is 18.2. The van der Waals surface area contributed by atoms with E-state index in [9.17, 15) is 29.7 Å². The van der Waals surface area contributed by atoms with E-state index in [4.69, 9.17) is 0 Å². The number of methoxy groups -OCH3 is 1. The van der Waals surface area contributed by atoms with Gasteiger partial charge in [-0.25, -0.2) is 0 Å². The number of anilines is 1. The molecule has 10 nitrogen and oxygen atoms in total. The summed E-state index contributed by atoms with van der Waals surface area (Å²) in [5.41, 5.74) is 1.51. The Bertz CT molecular complexity index is 719. The van der Waals surface area contributed by atoms with Crippen LogP contribution in [-0.4, -0.2) is 58.5 Å². The standard InChI is InChI=1S/C21H33N3O7/c1-13(22-18(27)6-4-5-7-19(28)31-3)20(29)23-14(2)21(30)24-17-9-15(11-25)8-16(10-17)12-26/h8-10,13-14,20,23,25-26,29H,4-7,11-12H2,1-3H3,(H,22,27)(H,24,30)/t13-,14-,20?/m0/s1. The summed E-state index contributed by atoms with van der Waals surface area (Å²) in [6.45, 7) is 2.70. The molecule has 0 radical (unpaired) electrons. The molecule has 0 heterocycles. The third kappa shape index (κ3) is 9.88. The Morgan fingerprint density at radius 2 is 1.58 bits per heavy atom. The molecule has 1 aromatic carbocycles. The first kappa shape index (κ1) is 26.5. The lowest BCUT2D eigenvalue weighted by Gasteiger charge is -2.24. The van der Waals surface area contributed by atoms with Gasteiger partial charge in [0.05, 0.1) is 32.4 Å². The van der Waals surface area contributed by atoms with Crippen molar-refractivity contribution in [3.8, 4) is 0 Å². The average Bonchev–Trinajstić information content (AvgIpc) is 2.75. The van der Waals surface area contributed by atoms with Crippen molar-refractivity contribution in [1.29, 1.82) is 0 Å². The van der Waals surface area contributed by atoms with Crippen molar-refractivity contribution in [2.45, 2.75) is 71.1 Å². The van der Waals surface area contributed by atoms with Crippen molar-refractivity contribution in [3.05, 3.63) is 29.3 Å². The van der Waals surface area contributed by atoms with E-state index in [-0.39, 0.29) is 37.9 Å². The van der Waals surface area contributed by atoms with Gasteiger partial charge in [-0.05, 0) is 49.9 Å². The van der Waals surface area contributed by atoms with E-state index >= 15 is 0 Å². The molecule has 0 aliphatic heterocycles. The highest BCUT2D eigenvalue weighted by Gasteiger charge is 2.22. The van der Waals surface area contributed by atoms with Gasteiger partial charge < -0.3 is 30.7 Å². The van der Waals surface area contributed by atoms with Crippen molar-refractivity contribution < 1.29 is 34.4 Å². The lowest BCUT2D eigenvalue weighted by molar-refractivity contribution is -0.140. The van der Waals surface area contributed by atoms with Gasteiger partial charge in [-0.1, -0.05) is 6.07 Å². The minimum Gasteiger partial charge on any atom is -0.469 e. The smallest absolute Gasteiger partial charge is 0.305 e. The number of ether oxygens (including phenoxy) is 1. The molecule has 1 unspecified atom stereocenters. The van der Waals surface area contributed by atoms with E-state index < -0.39 is 24.2 Å². The number of aliphatic hydroxyl groups excluding tert-OH is 3. The molecule has 0 saturated carbocycles. The SMILES string of the molecule is COC(=O)CCCCC(=O)N[C@@H](C)C(O)N[C@@H](C)C(=O)Nc1cc(CO)cc(CO)c1. The molecule has 10 heteroatoms. The molecule has 3 atom stereocenters. The summed E-state index contributed by atoms with van der Waals surface area (Å²) in [5, 5.41) is 36.9. The molecule has 31 heavy (non-hydrogen) atoms. The predicted octanol–water partition coefficient (Wildman–Crippen LogP) is 0.144. The van der Waals surface area contributed by atoms with Crippen LogP contribution in [-0.2, 0) is 32.3 Å². The number of hydrogen-bond acceptors (Lipinski definition) is 8. The number of aliphatic hydroxyl groups is 3. The Kier molecular flexibility index (Phi) is 11.7. The Morgan fingerprint density at radius 3 is 2.13 bits per heavy atom. The lowest BCUT2D eigenvalue weighted by Crippen LogP contribution is -2.53. The van der Waals surface area contributed by atoms with Gasteiger partial charge in [0, 0.05) is 18.5 Å². The van der Waals surface area contributed by atoms with Crippen LogP contribution in [0.25, 0.3) is 0 Å². The fourth-order valence-electron chi connectivity index (χ4n) is 2.81. The van der Waals surface area contributed by atoms with Gasteiger partial charge >= 0.3 is 5.97 Å². The molecule has 0 saturated heterocycles. The second kappa shape index (κ2) is 13.7. The second-order valence-corrected chi connectivity index (χ2v) is 7.32. The van der Waals surface area contributed by atoms with Gasteiger partial charge in [0.1, 0.15) is 6.23 Å². The Labute approximate surface area is 182 Å². The number of rotatable bonds is 13. The maximum Gasteiger partial charge on any atom is 0.305 e. The quantitative estimate of drug-likeness (QED) is 0.144. The molecule has 1 rings (SSSR count). The van der Waals surface area contributed by atoms with E-state index in [1.807, 2.05) is 0 Å². The van der Waals surface area contributed by atoms with Crippen LogP contribution in [0.5, 0.6) is 0 Å². The molecular formula is C21H33N3O7. The number of amides is 2. The first-order valence-corrected chi connectivity index (χ1v) is 10.2. The molecule has 0 spiro atoms. The van der Waals surface area contributed by atoms with Crippen molar-refractivity contribution in [1.82, 2.24) is 10.6 Å². The minimum absolute atomic E-state index is 0.207. The van der Waals surface area contributed by atoms with E-state index in [1.54, 1.807) is 32.0 Å². The van der Waals surface area contributed by atoms with E-state index in [1.165, 1.54) is 7.11 Å². The largest absolute Gasteiger partial charge is 0.469 e. The molecule has 0 fully saturated rings. The number of carbonyl (C=O) groups is 3. The summed E-state index contributed by atoms with van der Waals surface area (Å²) < 4.78 is 4.53. The van der Waals surface area contributed by atoms with Gasteiger partial charge in [-0.15, -0.1) is 0 Å². The maximum atomic E-state index is 12.4. The molecule has 1 aromatic rings. The first-order valence-electron chi connectivity index (χ1n) is 10.2. The van der Waals surface area contributed by atoms with Gasteiger partial charge in [0.2, 0.25) is 11.8 Å². The zero-order valence-electron chi connectivity index (χ0n) is 18.2. The predicted molar refractivity (Wildman–Crippen MR) is 114 cm³/mol. The lowest BCUT2D eigenvalue weighted by atomic mass is 10.1. The number of nitrogens with one attached hydrogen (secondary N) is 3. The third-order valence-electron chi connectivity index (χ3n) is 4.62. The zero-order chi connectivity index (χ0) is 23.4. The summed E-state index contributed by atoms with van der Waals surface area (Å²) in [5.74, 6) is -1.02. The minimum atomic E-state index is -1.17. The maximum absolute atomic E-state index is 12.4.